The van der Waals surface area contributed by atoms with Gasteiger partial charge in [-0.3, -0.25) is 0 Å². The molecule has 0 radical (unpaired) electrons. The zero-order valence-electron chi connectivity index (χ0n) is 11.2. The normalized spacial score (nSPS) is 25.6. The Kier molecular flexibility index (Phi) is 3.85. The maximum Gasteiger partial charge on any atom is 0.231 e. The fraction of sp³-hybridized carbons (Fsp3) is 0.600. The highest BCUT2D eigenvalue weighted by atomic mass is 35.5. The van der Waals surface area contributed by atoms with Crippen LogP contribution in [0.5, 0.6) is 11.5 Å². The predicted octanol–water partition coefficient (Wildman–Crippen LogP) is 3.74. The number of rotatable bonds is 3. The average Bonchev–Trinajstić information content (AvgIpc) is 2.85. The summed E-state index contributed by atoms with van der Waals surface area (Å²) in [4.78, 5) is 0. The van der Waals surface area contributed by atoms with Gasteiger partial charge in [0.1, 0.15) is 0 Å². The van der Waals surface area contributed by atoms with Gasteiger partial charge < -0.3 is 14.8 Å². The van der Waals surface area contributed by atoms with Gasteiger partial charge in [-0.2, -0.15) is 0 Å². The van der Waals surface area contributed by atoms with E-state index in [1.807, 2.05) is 12.1 Å². The van der Waals surface area contributed by atoms with E-state index in [2.05, 4.69) is 12.2 Å². The minimum Gasteiger partial charge on any atom is -0.454 e. The van der Waals surface area contributed by atoms with E-state index in [9.17, 15) is 0 Å². The van der Waals surface area contributed by atoms with Crippen molar-refractivity contribution in [2.75, 3.05) is 6.79 Å². The van der Waals surface area contributed by atoms with Crippen LogP contribution in [0.25, 0.3) is 0 Å². The second-order valence-corrected chi connectivity index (χ2v) is 6.07. The van der Waals surface area contributed by atoms with E-state index < -0.39 is 0 Å². The molecule has 3 rings (SSSR count). The highest BCUT2D eigenvalue weighted by Gasteiger charge is 2.20. The van der Waals surface area contributed by atoms with E-state index in [0.29, 0.717) is 16.8 Å². The van der Waals surface area contributed by atoms with Gasteiger partial charge in [0.2, 0.25) is 6.79 Å². The number of ether oxygens (including phenoxy) is 2. The largest absolute Gasteiger partial charge is 0.454 e. The van der Waals surface area contributed by atoms with E-state index in [1.165, 1.54) is 25.7 Å². The molecule has 1 aromatic rings. The third-order valence-electron chi connectivity index (χ3n) is 4.02. The van der Waals surface area contributed by atoms with Crippen LogP contribution >= 0.6 is 11.6 Å². The number of hydrogen-bond donors (Lipinski definition) is 1. The van der Waals surface area contributed by atoms with Crippen molar-refractivity contribution >= 4 is 11.6 Å². The van der Waals surface area contributed by atoms with Gasteiger partial charge in [-0.15, -0.1) is 0 Å². The molecule has 0 saturated heterocycles. The summed E-state index contributed by atoms with van der Waals surface area (Å²) < 4.78 is 10.7. The Morgan fingerprint density at radius 2 is 2.21 bits per heavy atom. The lowest BCUT2D eigenvalue weighted by Crippen LogP contribution is -2.33. The maximum absolute atomic E-state index is 6.19. The van der Waals surface area contributed by atoms with Crippen molar-refractivity contribution in [1.29, 1.82) is 0 Å². The predicted molar refractivity (Wildman–Crippen MR) is 75.8 cm³/mol. The summed E-state index contributed by atoms with van der Waals surface area (Å²) >= 11 is 6.19. The molecule has 0 bridgehead atoms. The van der Waals surface area contributed by atoms with Gasteiger partial charge in [-0.1, -0.05) is 31.4 Å². The molecule has 0 amide bonds. The second-order valence-electron chi connectivity index (χ2n) is 5.66. The van der Waals surface area contributed by atoms with Crippen molar-refractivity contribution in [1.82, 2.24) is 5.32 Å². The number of nitrogens with one attached hydrogen (secondary N) is 1. The Morgan fingerprint density at radius 1 is 1.32 bits per heavy atom. The number of halogens is 1. The fourth-order valence-electron chi connectivity index (χ4n) is 3.00. The van der Waals surface area contributed by atoms with Gasteiger partial charge in [0, 0.05) is 12.6 Å². The summed E-state index contributed by atoms with van der Waals surface area (Å²) in [6.07, 6.45) is 5.26. The minimum atomic E-state index is 0.270. The van der Waals surface area contributed by atoms with Crippen molar-refractivity contribution < 1.29 is 9.47 Å². The maximum atomic E-state index is 6.19. The van der Waals surface area contributed by atoms with E-state index in [4.69, 9.17) is 21.1 Å². The first-order chi connectivity index (χ1) is 9.22. The van der Waals surface area contributed by atoms with E-state index in [0.717, 1.165) is 23.8 Å². The lowest BCUT2D eigenvalue weighted by atomic mass is 9.87. The van der Waals surface area contributed by atoms with Crippen LogP contribution in [-0.2, 0) is 6.54 Å². The molecule has 104 valence electrons. The van der Waals surface area contributed by atoms with Gasteiger partial charge in [0.15, 0.2) is 11.5 Å². The van der Waals surface area contributed by atoms with Crippen molar-refractivity contribution in [2.45, 2.75) is 45.2 Å². The molecule has 2 unspecified atom stereocenters. The van der Waals surface area contributed by atoms with Crippen LogP contribution in [0, 0.1) is 5.92 Å². The van der Waals surface area contributed by atoms with Crippen LogP contribution in [0.3, 0.4) is 0 Å². The summed E-state index contributed by atoms with van der Waals surface area (Å²) in [5, 5.41) is 4.27. The molecule has 1 fully saturated rings. The second kappa shape index (κ2) is 5.59. The molecular weight excluding hydrogens is 262 g/mol. The molecule has 4 heteroatoms. The molecule has 2 atom stereocenters. The Labute approximate surface area is 119 Å². The summed E-state index contributed by atoms with van der Waals surface area (Å²) in [5.74, 6) is 2.28. The highest BCUT2D eigenvalue weighted by Crippen LogP contribution is 2.39. The van der Waals surface area contributed by atoms with Crippen molar-refractivity contribution in [3.63, 3.8) is 0 Å². The van der Waals surface area contributed by atoms with Gasteiger partial charge in [0.05, 0.1) is 5.02 Å². The molecule has 3 nitrogen and oxygen atoms in total. The smallest absolute Gasteiger partial charge is 0.231 e. The van der Waals surface area contributed by atoms with E-state index in [1.54, 1.807) is 0 Å². The zero-order chi connectivity index (χ0) is 13.2. The third-order valence-corrected chi connectivity index (χ3v) is 4.30. The number of benzene rings is 1. The van der Waals surface area contributed by atoms with Crippen LogP contribution in [-0.4, -0.2) is 12.8 Å². The van der Waals surface area contributed by atoms with E-state index >= 15 is 0 Å². The average molecular weight is 282 g/mol. The summed E-state index contributed by atoms with van der Waals surface area (Å²) in [6.45, 7) is 3.45. The Hall–Kier alpha value is -0.930. The van der Waals surface area contributed by atoms with Crippen molar-refractivity contribution in [2.24, 2.45) is 5.92 Å². The lowest BCUT2D eigenvalue weighted by molar-refractivity contribution is 0.174. The number of hydrogen-bond acceptors (Lipinski definition) is 3. The van der Waals surface area contributed by atoms with Crippen LogP contribution in [0.15, 0.2) is 12.1 Å². The molecule has 1 N–H and O–H groups in total. The first-order valence-corrected chi connectivity index (χ1v) is 7.41. The Bertz CT molecular complexity index is 464. The Balaban J connectivity index is 1.62. The standard InChI is InChI=1S/C15H20ClNO2/c1-10-3-2-4-12(5-10)17-8-11-6-13(16)15-14(7-11)18-9-19-15/h6-7,10,12,17H,2-5,8-9H2,1H3. The molecule has 0 spiro atoms. The summed E-state index contributed by atoms with van der Waals surface area (Å²) in [7, 11) is 0. The topological polar surface area (TPSA) is 30.5 Å². The molecular formula is C15H20ClNO2. The van der Waals surface area contributed by atoms with Crippen LogP contribution in [0.2, 0.25) is 5.02 Å². The molecule has 0 aromatic heterocycles. The van der Waals surface area contributed by atoms with Crippen LogP contribution in [0.1, 0.15) is 38.2 Å². The lowest BCUT2D eigenvalue weighted by Gasteiger charge is -2.27. The molecule has 1 heterocycles. The van der Waals surface area contributed by atoms with Crippen LogP contribution in [0.4, 0.5) is 0 Å². The van der Waals surface area contributed by atoms with Gasteiger partial charge in [0.25, 0.3) is 0 Å². The van der Waals surface area contributed by atoms with Gasteiger partial charge >= 0.3 is 0 Å². The quantitative estimate of drug-likeness (QED) is 0.916. The first-order valence-electron chi connectivity index (χ1n) is 7.04. The van der Waals surface area contributed by atoms with Gasteiger partial charge in [-0.25, -0.2) is 0 Å². The molecule has 1 aliphatic carbocycles. The monoisotopic (exact) mass is 281 g/mol. The minimum absolute atomic E-state index is 0.270. The molecule has 1 aromatic carbocycles. The highest BCUT2D eigenvalue weighted by molar-refractivity contribution is 6.32. The van der Waals surface area contributed by atoms with Gasteiger partial charge in [-0.05, 0) is 36.5 Å². The summed E-state index contributed by atoms with van der Waals surface area (Å²) in [5.41, 5.74) is 1.16. The van der Waals surface area contributed by atoms with Crippen molar-refractivity contribution in [3.05, 3.63) is 22.7 Å². The third kappa shape index (κ3) is 2.98. The van der Waals surface area contributed by atoms with Crippen LogP contribution < -0.4 is 14.8 Å². The molecule has 19 heavy (non-hydrogen) atoms. The summed E-state index contributed by atoms with van der Waals surface area (Å²) in [6, 6.07) is 4.62. The number of fused-ring (bicyclic) bond motifs is 1. The SMILES string of the molecule is CC1CCCC(NCc2cc(Cl)c3c(c2)OCO3)C1. The first kappa shape index (κ1) is 13.1. The Morgan fingerprint density at radius 3 is 3.05 bits per heavy atom. The molecule has 1 saturated carbocycles. The zero-order valence-corrected chi connectivity index (χ0v) is 12.0. The fourth-order valence-corrected chi connectivity index (χ4v) is 3.29. The molecule has 2 aliphatic rings. The van der Waals surface area contributed by atoms with Crippen molar-refractivity contribution in [3.8, 4) is 11.5 Å². The molecule has 1 aliphatic heterocycles. The van der Waals surface area contributed by atoms with E-state index in [-0.39, 0.29) is 6.79 Å².